The largest absolute Gasteiger partial charge is 0.444 e. The second-order valence-corrected chi connectivity index (χ2v) is 6.34. The minimum Gasteiger partial charge on any atom is -0.444 e. The first kappa shape index (κ1) is 15.6. The second-order valence-electron chi connectivity index (χ2n) is 6.34. The highest BCUT2D eigenvalue weighted by atomic mass is 16.6. The standard InChI is InChI=1S/C15H22N2O4/c1-5-6-12-13(18)17-8-7-16(9-11(17)10-20-12)14(19)21-15(2,3)4/h1,11-12H,6-10H2,2-4H3. The SMILES string of the molecule is C#CCC1OCC2CN(C(=O)OC(C)(C)C)CCN2C1=O. The van der Waals surface area contributed by atoms with Gasteiger partial charge in [0.25, 0.3) is 5.91 Å². The van der Waals surface area contributed by atoms with Crippen LogP contribution in [0.4, 0.5) is 4.79 Å². The fourth-order valence-electron chi connectivity index (χ4n) is 2.52. The Morgan fingerprint density at radius 2 is 2.19 bits per heavy atom. The summed E-state index contributed by atoms with van der Waals surface area (Å²) in [6.45, 7) is 7.30. The van der Waals surface area contributed by atoms with E-state index in [0.717, 1.165) is 0 Å². The number of morpholine rings is 1. The van der Waals surface area contributed by atoms with Crippen molar-refractivity contribution >= 4 is 12.0 Å². The summed E-state index contributed by atoms with van der Waals surface area (Å²) in [6.07, 6.45) is 4.64. The van der Waals surface area contributed by atoms with Crippen molar-refractivity contribution < 1.29 is 19.1 Å². The number of carbonyl (C=O) groups is 2. The van der Waals surface area contributed by atoms with Gasteiger partial charge in [-0.1, -0.05) is 0 Å². The van der Waals surface area contributed by atoms with Crippen molar-refractivity contribution in [1.29, 1.82) is 0 Å². The minimum atomic E-state index is -0.542. The van der Waals surface area contributed by atoms with E-state index in [-0.39, 0.29) is 24.5 Å². The molecule has 2 unspecified atom stereocenters. The average Bonchev–Trinajstić information content (AvgIpc) is 2.40. The zero-order valence-electron chi connectivity index (χ0n) is 12.8. The number of rotatable bonds is 1. The fraction of sp³-hybridized carbons (Fsp3) is 0.733. The van der Waals surface area contributed by atoms with Gasteiger partial charge in [-0.05, 0) is 20.8 Å². The second kappa shape index (κ2) is 5.94. The van der Waals surface area contributed by atoms with E-state index in [9.17, 15) is 9.59 Å². The number of terminal acetylenes is 1. The highest BCUT2D eigenvalue weighted by molar-refractivity contribution is 5.82. The third-order valence-corrected chi connectivity index (χ3v) is 3.49. The number of amides is 2. The van der Waals surface area contributed by atoms with Crippen LogP contribution in [-0.4, -0.2) is 65.8 Å². The molecule has 0 aliphatic carbocycles. The van der Waals surface area contributed by atoms with Gasteiger partial charge < -0.3 is 19.3 Å². The van der Waals surface area contributed by atoms with Gasteiger partial charge in [0, 0.05) is 26.1 Å². The topological polar surface area (TPSA) is 59.1 Å². The van der Waals surface area contributed by atoms with Gasteiger partial charge in [-0.15, -0.1) is 12.3 Å². The van der Waals surface area contributed by atoms with Gasteiger partial charge in [-0.3, -0.25) is 4.79 Å². The highest BCUT2D eigenvalue weighted by Crippen LogP contribution is 2.21. The lowest BCUT2D eigenvalue weighted by atomic mass is 10.1. The van der Waals surface area contributed by atoms with Crippen LogP contribution in [0.5, 0.6) is 0 Å². The lowest BCUT2D eigenvalue weighted by Crippen LogP contribution is -2.63. The summed E-state index contributed by atoms with van der Waals surface area (Å²) in [5.41, 5.74) is -0.523. The summed E-state index contributed by atoms with van der Waals surface area (Å²) >= 11 is 0. The van der Waals surface area contributed by atoms with E-state index in [2.05, 4.69) is 5.92 Å². The first-order valence-electron chi connectivity index (χ1n) is 7.15. The maximum Gasteiger partial charge on any atom is 0.410 e. The molecule has 0 spiro atoms. The molecule has 0 N–H and O–H groups in total. The molecule has 0 saturated carbocycles. The summed E-state index contributed by atoms with van der Waals surface area (Å²) in [4.78, 5) is 27.7. The molecule has 2 rings (SSSR count). The first-order valence-corrected chi connectivity index (χ1v) is 7.15. The van der Waals surface area contributed by atoms with Crippen molar-refractivity contribution in [2.24, 2.45) is 0 Å². The van der Waals surface area contributed by atoms with Crippen molar-refractivity contribution in [1.82, 2.24) is 9.80 Å². The van der Waals surface area contributed by atoms with E-state index < -0.39 is 11.7 Å². The summed E-state index contributed by atoms with van der Waals surface area (Å²) in [6, 6.07) is -0.118. The lowest BCUT2D eigenvalue weighted by molar-refractivity contribution is -0.163. The van der Waals surface area contributed by atoms with Gasteiger partial charge >= 0.3 is 6.09 Å². The van der Waals surface area contributed by atoms with Crippen molar-refractivity contribution in [2.45, 2.75) is 44.9 Å². The Balaban J connectivity index is 1.96. The predicted molar refractivity (Wildman–Crippen MR) is 76.5 cm³/mol. The molecule has 0 bridgehead atoms. The Bertz CT molecular complexity index is 463. The van der Waals surface area contributed by atoms with Gasteiger partial charge in [-0.25, -0.2) is 4.79 Å². The Kier molecular flexibility index (Phi) is 4.43. The predicted octanol–water partition coefficient (Wildman–Crippen LogP) is 0.856. The number of nitrogens with zero attached hydrogens (tertiary/aromatic N) is 2. The Morgan fingerprint density at radius 1 is 1.48 bits per heavy atom. The zero-order chi connectivity index (χ0) is 15.6. The van der Waals surface area contributed by atoms with Crippen LogP contribution in [0.2, 0.25) is 0 Å². The molecule has 2 amide bonds. The molecule has 2 heterocycles. The molecule has 2 fully saturated rings. The molecular formula is C15H22N2O4. The zero-order valence-corrected chi connectivity index (χ0v) is 12.8. The molecule has 0 aromatic heterocycles. The van der Waals surface area contributed by atoms with Crippen LogP contribution in [0, 0.1) is 12.3 Å². The first-order chi connectivity index (χ1) is 9.81. The summed E-state index contributed by atoms with van der Waals surface area (Å²) in [5.74, 6) is 2.38. The van der Waals surface area contributed by atoms with Gasteiger partial charge in [0.2, 0.25) is 0 Å². The van der Waals surface area contributed by atoms with E-state index in [1.165, 1.54) is 0 Å². The molecule has 6 nitrogen and oxygen atoms in total. The van der Waals surface area contributed by atoms with Crippen LogP contribution in [0.15, 0.2) is 0 Å². The molecule has 0 aromatic carbocycles. The van der Waals surface area contributed by atoms with Gasteiger partial charge in [-0.2, -0.15) is 0 Å². The molecule has 2 atom stereocenters. The monoisotopic (exact) mass is 294 g/mol. The number of carbonyl (C=O) groups excluding carboxylic acids is 2. The normalized spacial score (nSPS) is 26.1. The van der Waals surface area contributed by atoms with Crippen LogP contribution in [0.1, 0.15) is 27.2 Å². The molecule has 0 radical (unpaired) electrons. The Labute approximate surface area is 125 Å². The third-order valence-electron chi connectivity index (χ3n) is 3.49. The maximum absolute atomic E-state index is 12.2. The quantitative estimate of drug-likeness (QED) is 0.673. The molecule has 2 aliphatic heterocycles. The number of hydrogen-bond donors (Lipinski definition) is 0. The van der Waals surface area contributed by atoms with E-state index >= 15 is 0 Å². The third kappa shape index (κ3) is 3.67. The van der Waals surface area contributed by atoms with Crippen molar-refractivity contribution in [3.05, 3.63) is 0 Å². The van der Waals surface area contributed by atoms with E-state index in [4.69, 9.17) is 15.9 Å². The summed E-state index contributed by atoms with van der Waals surface area (Å²) in [7, 11) is 0. The van der Waals surface area contributed by atoms with Gasteiger partial charge in [0.1, 0.15) is 11.7 Å². The van der Waals surface area contributed by atoms with Crippen molar-refractivity contribution in [3.63, 3.8) is 0 Å². The molecule has 116 valence electrons. The Hall–Kier alpha value is -1.74. The number of fused-ring (bicyclic) bond motifs is 1. The number of piperazine rings is 1. The lowest BCUT2D eigenvalue weighted by Gasteiger charge is -2.45. The fourth-order valence-corrected chi connectivity index (χ4v) is 2.52. The maximum atomic E-state index is 12.2. The minimum absolute atomic E-state index is 0.0759. The van der Waals surface area contributed by atoms with E-state index in [0.29, 0.717) is 26.2 Å². The number of ether oxygens (including phenoxy) is 2. The molecular weight excluding hydrogens is 272 g/mol. The summed E-state index contributed by atoms with van der Waals surface area (Å²) < 4.78 is 10.9. The van der Waals surface area contributed by atoms with Crippen molar-refractivity contribution in [3.8, 4) is 12.3 Å². The molecule has 2 saturated heterocycles. The molecule has 0 aromatic rings. The van der Waals surface area contributed by atoms with Gasteiger partial charge in [0.15, 0.2) is 0 Å². The van der Waals surface area contributed by atoms with Crippen LogP contribution in [-0.2, 0) is 14.3 Å². The van der Waals surface area contributed by atoms with E-state index in [1.807, 2.05) is 20.8 Å². The van der Waals surface area contributed by atoms with Crippen LogP contribution < -0.4 is 0 Å². The van der Waals surface area contributed by atoms with Crippen molar-refractivity contribution in [2.75, 3.05) is 26.2 Å². The van der Waals surface area contributed by atoms with Gasteiger partial charge in [0.05, 0.1) is 12.6 Å². The highest BCUT2D eigenvalue weighted by Gasteiger charge is 2.40. The summed E-state index contributed by atoms with van der Waals surface area (Å²) in [5, 5.41) is 0. The van der Waals surface area contributed by atoms with Crippen LogP contribution >= 0.6 is 0 Å². The number of hydrogen-bond acceptors (Lipinski definition) is 4. The molecule has 6 heteroatoms. The molecule has 21 heavy (non-hydrogen) atoms. The average molecular weight is 294 g/mol. The smallest absolute Gasteiger partial charge is 0.410 e. The Morgan fingerprint density at radius 3 is 2.81 bits per heavy atom. The van der Waals surface area contributed by atoms with Crippen LogP contribution in [0.25, 0.3) is 0 Å². The van der Waals surface area contributed by atoms with E-state index in [1.54, 1.807) is 9.80 Å². The molecule has 2 aliphatic rings. The van der Waals surface area contributed by atoms with Crippen LogP contribution in [0.3, 0.4) is 0 Å².